The number of piperidine rings is 1. The maximum atomic E-state index is 13.3. The maximum Gasteiger partial charge on any atom is 0.417 e. The third-order valence-corrected chi connectivity index (χ3v) is 5.69. The Bertz CT molecular complexity index is 1090. The van der Waals surface area contributed by atoms with Crippen molar-refractivity contribution < 1.29 is 27.1 Å². The summed E-state index contributed by atoms with van der Waals surface area (Å²) in [6.45, 7) is 0.575. The van der Waals surface area contributed by atoms with Crippen LogP contribution in [-0.4, -0.2) is 44.4 Å². The van der Waals surface area contributed by atoms with Crippen molar-refractivity contribution in [2.45, 2.75) is 31.2 Å². The van der Waals surface area contributed by atoms with Crippen molar-refractivity contribution in [2.75, 3.05) is 6.54 Å². The summed E-state index contributed by atoms with van der Waals surface area (Å²) in [6.07, 6.45) is 1.89. The van der Waals surface area contributed by atoms with E-state index in [0.717, 1.165) is 18.7 Å². The third-order valence-electron chi connectivity index (χ3n) is 5.69. The molecule has 0 spiro atoms. The van der Waals surface area contributed by atoms with Gasteiger partial charge >= 0.3 is 6.18 Å². The van der Waals surface area contributed by atoms with Crippen molar-refractivity contribution in [1.82, 2.24) is 19.9 Å². The quantitative estimate of drug-likeness (QED) is 0.626. The Morgan fingerprint density at radius 2 is 2.00 bits per heavy atom. The molecule has 160 valence electrons. The summed E-state index contributed by atoms with van der Waals surface area (Å²) in [6, 6.07) is 5.37. The Balaban J connectivity index is 1.35. The number of likely N-dealkylation sites (tertiary alicyclic amines) is 1. The number of halogens is 3. The summed E-state index contributed by atoms with van der Waals surface area (Å²) >= 11 is 0. The number of fused-ring (bicyclic) bond motifs is 2. The van der Waals surface area contributed by atoms with Crippen LogP contribution in [0.2, 0.25) is 0 Å². The van der Waals surface area contributed by atoms with Crippen molar-refractivity contribution in [3.05, 3.63) is 60.4 Å². The van der Waals surface area contributed by atoms with E-state index in [1.54, 1.807) is 17.0 Å². The summed E-state index contributed by atoms with van der Waals surface area (Å²) in [5.41, 5.74) is -0.0927. The highest BCUT2D eigenvalue weighted by atomic mass is 19.4. The molecule has 0 unspecified atom stereocenters. The topological polar surface area (TPSA) is 81.4 Å². The third kappa shape index (κ3) is 3.62. The first-order valence-electron chi connectivity index (χ1n) is 9.76. The molecule has 10 heteroatoms. The first-order valence-corrected chi connectivity index (χ1v) is 9.76. The molecular formula is C21H17F3N4O3. The van der Waals surface area contributed by atoms with Gasteiger partial charge in [0.25, 0.3) is 5.91 Å². The van der Waals surface area contributed by atoms with Gasteiger partial charge in [-0.05, 0) is 37.0 Å². The molecule has 1 aliphatic heterocycles. The molecule has 0 radical (unpaired) electrons. The smallest absolute Gasteiger partial charge is 0.417 e. The number of carbonyl (C=O) groups is 1. The van der Waals surface area contributed by atoms with Gasteiger partial charge in [0, 0.05) is 25.0 Å². The highest BCUT2D eigenvalue weighted by molar-refractivity contribution is 5.98. The fourth-order valence-corrected chi connectivity index (χ4v) is 4.34. The lowest BCUT2D eigenvalue weighted by atomic mass is 10.1. The fraction of sp³-hybridized carbons (Fsp3) is 0.333. The van der Waals surface area contributed by atoms with Gasteiger partial charge in [-0.25, -0.2) is 9.97 Å². The van der Waals surface area contributed by atoms with E-state index < -0.39 is 11.7 Å². The average Bonchev–Trinajstić information content (AvgIpc) is 3.50. The van der Waals surface area contributed by atoms with E-state index in [2.05, 4.69) is 15.0 Å². The Labute approximate surface area is 174 Å². The van der Waals surface area contributed by atoms with Gasteiger partial charge < -0.3 is 14.1 Å². The van der Waals surface area contributed by atoms with Crippen LogP contribution in [0.4, 0.5) is 13.2 Å². The fourth-order valence-electron chi connectivity index (χ4n) is 4.34. The molecule has 0 N–H and O–H groups in total. The molecule has 3 aromatic rings. The zero-order valence-electron chi connectivity index (χ0n) is 16.1. The molecule has 4 heterocycles. The SMILES string of the molecule is O=C(c1ncccc1-c1ncco1)N1C[C@H]2C[C@@H](Oc3ccc(C(F)(F)F)cn3)[C@@H]1C2. The zero-order chi connectivity index (χ0) is 21.6. The maximum absolute atomic E-state index is 13.3. The molecule has 2 fully saturated rings. The number of pyridine rings is 2. The number of hydrogen-bond donors (Lipinski definition) is 0. The molecular weight excluding hydrogens is 413 g/mol. The minimum Gasteiger partial charge on any atom is -0.472 e. The van der Waals surface area contributed by atoms with E-state index >= 15 is 0 Å². The number of oxazole rings is 1. The van der Waals surface area contributed by atoms with Gasteiger partial charge in [0.15, 0.2) is 0 Å². The number of alkyl halides is 3. The van der Waals surface area contributed by atoms with Gasteiger partial charge in [-0.15, -0.1) is 0 Å². The van der Waals surface area contributed by atoms with Crippen LogP contribution in [0.25, 0.3) is 11.5 Å². The molecule has 2 aliphatic rings. The first kappa shape index (κ1) is 19.5. The molecule has 3 aromatic heterocycles. The van der Waals surface area contributed by atoms with Crippen molar-refractivity contribution in [1.29, 1.82) is 0 Å². The highest BCUT2D eigenvalue weighted by Crippen LogP contribution is 2.41. The molecule has 1 saturated heterocycles. The van der Waals surface area contributed by atoms with Crippen LogP contribution in [-0.2, 0) is 6.18 Å². The lowest BCUT2D eigenvalue weighted by Crippen LogP contribution is -2.47. The number of hydrogen-bond acceptors (Lipinski definition) is 6. The van der Waals surface area contributed by atoms with Gasteiger partial charge in [0.05, 0.1) is 23.4 Å². The van der Waals surface area contributed by atoms with Crippen LogP contribution < -0.4 is 4.74 Å². The molecule has 2 bridgehead atoms. The van der Waals surface area contributed by atoms with Crippen molar-refractivity contribution in [3.8, 4) is 17.3 Å². The lowest BCUT2D eigenvalue weighted by molar-refractivity contribution is -0.137. The van der Waals surface area contributed by atoms with Crippen LogP contribution in [0.3, 0.4) is 0 Å². The highest BCUT2D eigenvalue weighted by Gasteiger charge is 2.49. The van der Waals surface area contributed by atoms with Crippen LogP contribution in [0.1, 0.15) is 28.9 Å². The van der Waals surface area contributed by atoms with Gasteiger partial charge in [-0.1, -0.05) is 0 Å². The number of rotatable bonds is 4. The minimum atomic E-state index is -4.45. The Morgan fingerprint density at radius 3 is 2.68 bits per heavy atom. The van der Waals surface area contributed by atoms with E-state index in [0.29, 0.717) is 24.4 Å². The number of carbonyl (C=O) groups excluding carboxylic acids is 1. The summed E-state index contributed by atoms with van der Waals surface area (Å²) in [4.78, 5) is 27.2. The van der Waals surface area contributed by atoms with Gasteiger partial charge in [0.2, 0.25) is 11.8 Å². The predicted octanol–water partition coefficient (Wildman–Crippen LogP) is 3.83. The second kappa shape index (κ2) is 7.36. The van der Waals surface area contributed by atoms with Gasteiger partial charge in [-0.2, -0.15) is 13.2 Å². The Hall–Kier alpha value is -3.43. The number of amides is 1. The largest absolute Gasteiger partial charge is 0.472 e. The Morgan fingerprint density at radius 1 is 1.13 bits per heavy atom. The van der Waals surface area contributed by atoms with Crippen LogP contribution in [0.15, 0.2) is 53.5 Å². The Kier molecular flexibility index (Phi) is 4.64. The number of aromatic nitrogens is 3. The van der Waals surface area contributed by atoms with E-state index in [1.807, 2.05) is 0 Å². The molecule has 1 aliphatic carbocycles. The second-order valence-corrected chi connectivity index (χ2v) is 7.64. The van der Waals surface area contributed by atoms with Gasteiger partial charge in [0.1, 0.15) is 18.1 Å². The van der Waals surface area contributed by atoms with Crippen molar-refractivity contribution in [2.24, 2.45) is 5.92 Å². The summed E-state index contributed by atoms with van der Waals surface area (Å²) in [5.74, 6) is 0.413. The minimum absolute atomic E-state index is 0.108. The standard InChI is InChI=1S/C21H17F3N4O3/c22-21(23,24)13-3-4-17(27-10-13)31-16-9-12-8-15(16)28(11-12)20(29)18-14(2-1-5-25-18)19-26-6-7-30-19/h1-7,10,12,15-16H,8-9,11H2/t12-,15+,16-/m1/s1. The zero-order valence-corrected chi connectivity index (χ0v) is 16.1. The number of nitrogens with zero attached hydrogens (tertiary/aromatic N) is 4. The molecule has 31 heavy (non-hydrogen) atoms. The van der Waals surface area contributed by atoms with Gasteiger partial charge in [-0.3, -0.25) is 9.78 Å². The van der Waals surface area contributed by atoms with Crippen LogP contribution in [0, 0.1) is 5.92 Å². The van der Waals surface area contributed by atoms with E-state index in [-0.39, 0.29) is 35.5 Å². The molecule has 1 amide bonds. The molecule has 1 saturated carbocycles. The normalized spacial score (nSPS) is 22.7. The van der Waals surface area contributed by atoms with E-state index in [4.69, 9.17) is 9.15 Å². The average molecular weight is 430 g/mol. The van der Waals surface area contributed by atoms with Crippen molar-refractivity contribution >= 4 is 5.91 Å². The molecule has 5 rings (SSSR count). The summed E-state index contributed by atoms with van der Waals surface area (Å²) in [5, 5.41) is 0. The molecule has 3 atom stereocenters. The summed E-state index contributed by atoms with van der Waals surface area (Å²) in [7, 11) is 0. The van der Waals surface area contributed by atoms with Crippen LogP contribution >= 0.6 is 0 Å². The number of ether oxygens (including phenoxy) is 1. The van der Waals surface area contributed by atoms with Crippen LogP contribution in [0.5, 0.6) is 5.88 Å². The first-order chi connectivity index (χ1) is 14.9. The molecule has 7 nitrogen and oxygen atoms in total. The second-order valence-electron chi connectivity index (χ2n) is 7.64. The monoisotopic (exact) mass is 430 g/mol. The summed E-state index contributed by atoms with van der Waals surface area (Å²) < 4.78 is 49.4. The predicted molar refractivity (Wildman–Crippen MR) is 101 cm³/mol. The molecule has 0 aromatic carbocycles. The van der Waals surface area contributed by atoms with Crippen molar-refractivity contribution in [3.63, 3.8) is 0 Å². The van der Waals surface area contributed by atoms with E-state index in [9.17, 15) is 18.0 Å². The van der Waals surface area contributed by atoms with E-state index in [1.165, 1.54) is 24.7 Å². The lowest BCUT2D eigenvalue weighted by Gasteiger charge is -2.33.